The third kappa shape index (κ3) is 2.67. The van der Waals surface area contributed by atoms with Crippen LogP contribution in [0.25, 0.3) is 0 Å². The maximum absolute atomic E-state index is 5.64. The van der Waals surface area contributed by atoms with Crippen LogP contribution in [-0.4, -0.2) is 4.98 Å². The second kappa shape index (κ2) is 4.90. The molecule has 0 aliphatic heterocycles. The molecule has 0 spiro atoms. The number of anilines is 2. The van der Waals surface area contributed by atoms with Crippen LogP contribution in [0.3, 0.4) is 0 Å². The van der Waals surface area contributed by atoms with E-state index in [0.29, 0.717) is 11.5 Å². The van der Waals surface area contributed by atoms with Gasteiger partial charge in [0.2, 0.25) is 0 Å². The van der Waals surface area contributed by atoms with E-state index in [1.807, 2.05) is 24.3 Å². The number of rotatable bonds is 3. The molecule has 4 heteroatoms. The number of nitrogens with zero attached hydrogens (tertiary/aromatic N) is 1. The van der Waals surface area contributed by atoms with Gasteiger partial charge >= 0.3 is 0 Å². The van der Waals surface area contributed by atoms with E-state index in [4.69, 9.17) is 11.5 Å². The molecule has 3 nitrogen and oxygen atoms in total. The van der Waals surface area contributed by atoms with Crippen LogP contribution in [-0.2, 0) is 5.75 Å². The van der Waals surface area contributed by atoms with Crippen LogP contribution in [0, 0.1) is 0 Å². The molecule has 1 aromatic heterocycles. The number of benzene rings is 1. The molecule has 0 fully saturated rings. The first-order valence-corrected chi connectivity index (χ1v) is 5.93. The Hall–Kier alpha value is -1.68. The van der Waals surface area contributed by atoms with Crippen molar-refractivity contribution in [1.29, 1.82) is 0 Å². The third-order valence-electron chi connectivity index (χ3n) is 2.16. The van der Waals surface area contributed by atoms with Crippen molar-refractivity contribution in [1.82, 2.24) is 4.98 Å². The topological polar surface area (TPSA) is 64.9 Å². The van der Waals surface area contributed by atoms with Crippen LogP contribution < -0.4 is 11.5 Å². The van der Waals surface area contributed by atoms with Gasteiger partial charge in [0.25, 0.3) is 0 Å². The molecule has 0 aliphatic carbocycles. The lowest BCUT2D eigenvalue weighted by atomic mass is 10.2. The summed E-state index contributed by atoms with van der Waals surface area (Å²) in [6, 6.07) is 13.9. The Kier molecular flexibility index (Phi) is 3.31. The highest BCUT2D eigenvalue weighted by Gasteiger charge is 2.00. The quantitative estimate of drug-likeness (QED) is 0.797. The highest BCUT2D eigenvalue weighted by atomic mass is 32.2. The Morgan fingerprint density at radius 3 is 2.44 bits per heavy atom. The highest BCUT2D eigenvalue weighted by molar-refractivity contribution is 7.98. The fraction of sp³-hybridized carbons (Fsp3) is 0.0833. The molecule has 0 radical (unpaired) electrons. The van der Waals surface area contributed by atoms with Crippen molar-refractivity contribution in [3.8, 4) is 0 Å². The lowest BCUT2D eigenvalue weighted by Crippen LogP contribution is -1.98. The highest BCUT2D eigenvalue weighted by Crippen LogP contribution is 2.23. The van der Waals surface area contributed by atoms with Crippen LogP contribution in [0.15, 0.2) is 47.5 Å². The van der Waals surface area contributed by atoms with Crippen molar-refractivity contribution in [2.75, 3.05) is 11.5 Å². The molecule has 4 N–H and O–H groups in total. The van der Waals surface area contributed by atoms with Gasteiger partial charge in [0.05, 0.1) is 10.7 Å². The number of thioether (sulfide) groups is 1. The van der Waals surface area contributed by atoms with Gasteiger partial charge in [0.15, 0.2) is 0 Å². The van der Waals surface area contributed by atoms with Crippen LogP contribution >= 0.6 is 11.8 Å². The first-order valence-electron chi connectivity index (χ1n) is 4.94. The predicted molar refractivity (Wildman–Crippen MR) is 69.1 cm³/mol. The Morgan fingerprint density at radius 1 is 1.00 bits per heavy atom. The second-order valence-corrected chi connectivity index (χ2v) is 4.39. The van der Waals surface area contributed by atoms with Crippen molar-refractivity contribution in [3.05, 3.63) is 48.0 Å². The Morgan fingerprint density at radius 2 is 1.75 bits per heavy atom. The number of hydrogen-bond donors (Lipinski definition) is 2. The summed E-state index contributed by atoms with van der Waals surface area (Å²) in [7, 11) is 0. The van der Waals surface area contributed by atoms with E-state index in [2.05, 4.69) is 17.1 Å². The monoisotopic (exact) mass is 231 g/mol. The fourth-order valence-corrected chi connectivity index (χ4v) is 2.11. The van der Waals surface area contributed by atoms with Gasteiger partial charge in [-0.05, 0) is 17.7 Å². The molecule has 2 aromatic rings. The summed E-state index contributed by atoms with van der Waals surface area (Å²) in [6.07, 6.45) is 0. The predicted octanol–water partition coefficient (Wildman–Crippen LogP) is 2.54. The lowest BCUT2D eigenvalue weighted by molar-refractivity contribution is 1.14. The van der Waals surface area contributed by atoms with Crippen LogP contribution in [0.1, 0.15) is 5.56 Å². The van der Waals surface area contributed by atoms with Crippen molar-refractivity contribution < 1.29 is 0 Å². The van der Waals surface area contributed by atoms with Crippen molar-refractivity contribution in [2.24, 2.45) is 0 Å². The molecule has 0 atom stereocenters. The lowest BCUT2D eigenvalue weighted by Gasteiger charge is -2.03. The molecular weight excluding hydrogens is 218 g/mol. The Balaban J connectivity index is 2.03. The zero-order chi connectivity index (χ0) is 11.4. The molecule has 0 amide bonds. The fourth-order valence-electron chi connectivity index (χ4n) is 1.28. The second-order valence-electron chi connectivity index (χ2n) is 3.40. The van der Waals surface area contributed by atoms with Gasteiger partial charge in [-0.1, -0.05) is 30.3 Å². The molecule has 82 valence electrons. The number of aromatic nitrogens is 1. The number of hydrogen-bond acceptors (Lipinski definition) is 4. The van der Waals surface area contributed by atoms with Crippen LogP contribution in [0.2, 0.25) is 0 Å². The molecule has 16 heavy (non-hydrogen) atoms. The minimum absolute atomic E-state index is 0.401. The maximum Gasteiger partial charge on any atom is 0.147 e. The molecule has 1 heterocycles. The smallest absolute Gasteiger partial charge is 0.147 e. The standard InChI is InChI=1S/C12H13N3S/c13-10-6-7-11(15-12(10)14)16-8-9-4-2-1-3-5-9/h1-7H,8,13H2,(H2,14,15). The average Bonchev–Trinajstić information content (AvgIpc) is 2.32. The van der Waals surface area contributed by atoms with Crippen molar-refractivity contribution >= 4 is 23.3 Å². The van der Waals surface area contributed by atoms with E-state index >= 15 is 0 Å². The molecule has 0 saturated carbocycles. The van der Waals surface area contributed by atoms with Crippen molar-refractivity contribution in [3.63, 3.8) is 0 Å². The minimum Gasteiger partial charge on any atom is -0.396 e. The number of nitrogens with two attached hydrogens (primary N) is 2. The van der Waals surface area contributed by atoms with Gasteiger partial charge in [-0.3, -0.25) is 0 Å². The molecule has 1 aromatic carbocycles. The Labute approximate surface area is 98.9 Å². The summed E-state index contributed by atoms with van der Waals surface area (Å²) in [5.41, 5.74) is 13.0. The van der Waals surface area contributed by atoms with Gasteiger partial charge in [0, 0.05) is 5.75 Å². The Bertz CT molecular complexity index is 471. The van der Waals surface area contributed by atoms with E-state index in [1.165, 1.54) is 5.56 Å². The molecule has 0 unspecified atom stereocenters. The summed E-state index contributed by atoms with van der Waals surface area (Å²) in [4.78, 5) is 4.20. The van der Waals surface area contributed by atoms with E-state index in [1.54, 1.807) is 17.8 Å². The zero-order valence-electron chi connectivity index (χ0n) is 8.76. The van der Waals surface area contributed by atoms with Gasteiger partial charge in [-0.15, -0.1) is 11.8 Å². The van der Waals surface area contributed by atoms with E-state index in [-0.39, 0.29) is 0 Å². The molecule has 0 aliphatic rings. The minimum atomic E-state index is 0.401. The molecule has 2 rings (SSSR count). The third-order valence-corrected chi connectivity index (χ3v) is 3.16. The van der Waals surface area contributed by atoms with E-state index in [9.17, 15) is 0 Å². The van der Waals surface area contributed by atoms with Crippen LogP contribution in [0.4, 0.5) is 11.5 Å². The summed E-state index contributed by atoms with van der Waals surface area (Å²) in [5, 5.41) is 0.899. The van der Waals surface area contributed by atoms with Gasteiger partial charge in [-0.25, -0.2) is 4.98 Å². The van der Waals surface area contributed by atoms with E-state index < -0.39 is 0 Å². The van der Waals surface area contributed by atoms with Crippen LogP contribution in [0.5, 0.6) is 0 Å². The van der Waals surface area contributed by atoms with Gasteiger partial charge < -0.3 is 11.5 Å². The molecular formula is C12H13N3S. The van der Waals surface area contributed by atoms with Crippen molar-refractivity contribution in [2.45, 2.75) is 10.8 Å². The largest absolute Gasteiger partial charge is 0.396 e. The summed E-state index contributed by atoms with van der Waals surface area (Å²) >= 11 is 1.65. The summed E-state index contributed by atoms with van der Waals surface area (Å²) in [6.45, 7) is 0. The first kappa shape index (κ1) is 10.8. The SMILES string of the molecule is Nc1ccc(SCc2ccccc2)nc1N. The number of pyridine rings is 1. The zero-order valence-corrected chi connectivity index (χ0v) is 9.58. The van der Waals surface area contributed by atoms with E-state index in [0.717, 1.165) is 10.8 Å². The number of nitrogen functional groups attached to an aromatic ring is 2. The molecule has 0 bridgehead atoms. The average molecular weight is 231 g/mol. The first-order chi connectivity index (χ1) is 7.75. The van der Waals surface area contributed by atoms with Gasteiger partial charge in [0.1, 0.15) is 5.82 Å². The summed E-state index contributed by atoms with van der Waals surface area (Å²) in [5.74, 6) is 1.29. The normalized spacial score (nSPS) is 10.2. The maximum atomic E-state index is 5.64. The molecule has 0 saturated heterocycles. The summed E-state index contributed by atoms with van der Waals surface area (Å²) < 4.78 is 0. The van der Waals surface area contributed by atoms with Gasteiger partial charge in [-0.2, -0.15) is 0 Å².